The summed E-state index contributed by atoms with van der Waals surface area (Å²) >= 11 is 5.89. The van der Waals surface area contributed by atoms with Gasteiger partial charge < -0.3 is 15.0 Å². The van der Waals surface area contributed by atoms with Gasteiger partial charge in [-0.3, -0.25) is 0 Å². The Morgan fingerprint density at radius 1 is 1.33 bits per heavy atom. The molecule has 2 unspecified atom stereocenters. The summed E-state index contributed by atoms with van der Waals surface area (Å²) < 4.78 is 5.52. The van der Waals surface area contributed by atoms with Crippen LogP contribution in [0.15, 0.2) is 24.3 Å². The zero-order valence-corrected chi connectivity index (χ0v) is 11.8. The van der Waals surface area contributed by atoms with Crippen LogP contribution in [-0.4, -0.2) is 44.8 Å². The van der Waals surface area contributed by atoms with Gasteiger partial charge in [0, 0.05) is 30.1 Å². The Morgan fingerprint density at radius 3 is 2.72 bits per heavy atom. The molecule has 1 heterocycles. The highest BCUT2D eigenvalue weighted by atomic mass is 35.5. The highest BCUT2D eigenvalue weighted by molar-refractivity contribution is 6.30. The predicted octanol–water partition coefficient (Wildman–Crippen LogP) is 2.01. The molecule has 1 N–H and O–H groups in total. The molecule has 2 rings (SSSR count). The van der Waals surface area contributed by atoms with Gasteiger partial charge in [-0.2, -0.15) is 0 Å². The lowest BCUT2D eigenvalue weighted by atomic mass is 10.0. The van der Waals surface area contributed by atoms with E-state index in [1.165, 1.54) is 5.56 Å². The number of likely N-dealkylation sites (N-methyl/N-ethyl adjacent to an activating group) is 1. The van der Waals surface area contributed by atoms with Gasteiger partial charge in [0.1, 0.15) is 0 Å². The number of rotatable bonds is 5. The van der Waals surface area contributed by atoms with Crippen molar-refractivity contribution in [2.24, 2.45) is 5.92 Å². The molecule has 1 aliphatic rings. The minimum atomic E-state index is 0.484. The lowest BCUT2D eigenvalue weighted by Crippen LogP contribution is -2.38. The molecule has 0 radical (unpaired) electrons. The quantitative estimate of drug-likeness (QED) is 0.884. The van der Waals surface area contributed by atoms with E-state index >= 15 is 0 Å². The molecule has 0 saturated carbocycles. The summed E-state index contributed by atoms with van der Waals surface area (Å²) in [6.07, 6.45) is 0. The predicted molar refractivity (Wildman–Crippen MR) is 74.9 cm³/mol. The van der Waals surface area contributed by atoms with Crippen LogP contribution < -0.4 is 5.32 Å². The van der Waals surface area contributed by atoms with Gasteiger partial charge in [-0.25, -0.2) is 0 Å². The standard InChI is InChI=1S/C14H21ClN2O/c1-16-14-10-18-9-12(14)8-17(2)7-11-3-5-13(15)6-4-11/h3-6,12,14,16H,7-10H2,1-2H3. The number of hydrogen-bond donors (Lipinski definition) is 1. The van der Waals surface area contributed by atoms with E-state index < -0.39 is 0 Å². The molecule has 1 aromatic carbocycles. The highest BCUT2D eigenvalue weighted by Crippen LogP contribution is 2.16. The van der Waals surface area contributed by atoms with Gasteiger partial charge >= 0.3 is 0 Å². The average Bonchev–Trinajstić information content (AvgIpc) is 2.79. The lowest BCUT2D eigenvalue weighted by molar-refractivity contribution is 0.172. The van der Waals surface area contributed by atoms with Gasteiger partial charge in [0.2, 0.25) is 0 Å². The third kappa shape index (κ3) is 3.69. The minimum Gasteiger partial charge on any atom is -0.379 e. The minimum absolute atomic E-state index is 0.484. The van der Waals surface area contributed by atoms with Crippen molar-refractivity contribution in [3.63, 3.8) is 0 Å². The first-order chi connectivity index (χ1) is 8.69. The van der Waals surface area contributed by atoms with Crippen molar-refractivity contribution in [1.29, 1.82) is 0 Å². The third-order valence-corrected chi connectivity index (χ3v) is 3.73. The molecule has 1 saturated heterocycles. The van der Waals surface area contributed by atoms with Gasteiger partial charge in [0.25, 0.3) is 0 Å². The van der Waals surface area contributed by atoms with E-state index in [1.807, 2.05) is 19.2 Å². The smallest absolute Gasteiger partial charge is 0.0623 e. The van der Waals surface area contributed by atoms with Crippen LogP contribution in [0.2, 0.25) is 5.02 Å². The molecule has 3 nitrogen and oxygen atoms in total. The molecular formula is C14H21ClN2O. The van der Waals surface area contributed by atoms with Crippen LogP contribution in [0.1, 0.15) is 5.56 Å². The topological polar surface area (TPSA) is 24.5 Å². The monoisotopic (exact) mass is 268 g/mol. The molecule has 100 valence electrons. The molecular weight excluding hydrogens is 248 g/mol. The first-order valence-corrected chi connectivity index (χ1v) is 6.75. The Kier molecular flexibility index (Phi) is 5.01. The van der Waals surface area contributed by atoms with Crippen molar-refractivity contribution in [3.8, 4) is 0 Å². The molecule has 2 atom stereocenters. The molecule has 0 amide bonds. The van der Waals surface area contributed by atoms with Crippen LogP contribution in [0.3, 0.4) is 0 Å². The number of ether oxygens (including phenoxy) is 1. The summed E-state index contributed by atoms with van der Waals surface area (Å²) in [6, 6.07) is 8.54. The lowest BCUT2D eigenvalue weighted by Gasteiger charge is -2.24. The van der Waals surface area contributed by atoms with Crippen molar-refractivity contribution >= 4 is 11.6 Å². The van der Waals surface area contributed by atoms with E-state index in [4.69, 9.17) is 16.3 Å². The van der Waals surface area contributed by atoms with Crippen LogP contribution >= 0.6 is 11.6 Å². The fourth-order valence-electron chi connectivity index (χ4n) is 2.46. The SMILES string of the molecule is CNC1COCC1CN(C)Cc1ccc(Cl)cc1. The van der Waals surface area contributed by atoms with Gasteiger partial charge in [-0.05, 0) is 31.8 Å². The van der Waals surface area contributed by atoms with Crippen molar-refractivity contribution in [3.05, 3.63) is 34.9 Å². The summed E-state index contributed by atoms with van der Waals surface area (Å²) in [5.41, 5.74) is 1.29. The van der Waals surface area contributed by atoms with Gasteiger partial charge in [0.15, 0.2) is 0 Å². The summed E-state index contributed by atoms with van der Waals surface area (Å²) in [4.78, 5) is 2.34. The first kappa shape index (κ1) is 13.8. The summed E-state index contributed by atoms with van der Waals surface area (Å²) in [7, 11) is 4.16. The van der Waals surface area contributed by atoms with Crippen LogP contribution in [-0.2, 0) is 11.3 Å². The van der Waals surface area contributed by atoms with Crippen LogP contribution in [0, 0.1) is 5.92 Å². The Labute approximate surface area is 114 Å². The molecule has 1 aromatic rings. The normalized spacial score (nSPS) is 23.8. The van der Waals surface area contributed by atoms with E-state index in [0.717, 1.165) is 31.3 Å². The van der Waals surface area contributed by atoms with Crippen LogP contribution in [0.25, 0.3) is 0 Å². The Balaban J connectivity index is 1.84. The molecule has 0 aliphatic carbocycles. The van der Waals surface area contributed by atoms with Gasteiger partial charge in [0.05, 0.1) is 13.2 Å². The maximum atomic E-state index is 5.89. The van der Waals surface area contributed by atoms with Crippen molar-refractivity contribution in [2.45, 2.75) is 12.6 Å². The first-order valence-electron chi connectivity index (χ1n) is 6.37. The number of nitrogens with zero attached hydrogens (tertiary/aromatic N) is 1. The summed E-state index contributed by atoms with van der Waals surface area (Å²) in [5, 5.41) is 4.11. The van der Waals surface area contributed by atoms with Crippen LogP contribution in [0.5, 0.6) is 0 Å². The van der Waals surface area contributed by atoms with E-state index in [9.17, 15) is 0 Å². The molecule has 1 fully saturated rings. The Hall–Kier alpha value is -0.610. The molecule has 0 spiro atoms. The van der Waals surface area contributed by atoms with Crippen LogP contribution in [0.4, 0.5) is 0 Å². The zero-order chi connectivity index (χ0) is 13.0. The van der Waals surface area contributed by atoms with Gasteiger partial charge in [-0.15, -0.1) is 0 Å². The number of nitrogens with one attached hydrogen (secondary N) is 1. The van der Waals surface area contributed by atoms with Crippen molar-refractivity contribution in [2.75, 3.05) is 33.9 Å². The fourth-order valence-corrected chi connectivity index (χ4v) is 2.59. The third-order valence-electron chi connectivity index (χ3n) is 3.48. The average molecular weight is 269 g/mol. The summed E-state index contributed by atoms with van der Waals surface area (Å²) in [5.74, 6) is 0.576. The zero-order valence-electron chi connectivity index (χ0n) is 11.0. The Morgan fingerprint density at radius 2 is 2.06 bits per heavy atom. The second-order valence-electron chi connectivity index (χ2n) is 5.02. The molecule has 18 heavy (non-hydrogen) atoms. The van der Waals surface area contributed by atoms with Gasteiger partial charge in [-0.1, -0.05) is 23.7 Å². The van der Waals surface area contributed by atoms with E-state index in [1.54, 1.807) is 0 Å². The van der Waals surface area contributed by atoms with E-state index in [0.29, 0.717) is 12.0 Å². The maximum Gasteiger partial charge on any atom is 0.0623 e. The van der Waals surface area contributed by atoms with E-state index in [-0.39, 0.29) is 0 Å². The number of hydrogen-bond acceptors (Lipinski definition) is 3. The highest BCUT2D eigenvalue weighted by Gasteiger charge is 2.27. The number of halogens is 1. The number of benzene rings is 1. The van der Waals surface area contributed by atoms with Crippen molar-refractivity contribution in [1.82, 2.24) is 10.2 Å². The second-order valence-corrected chi connectivity index (χ2v) is 5.45. The second kappa shape index (κ2) is 6.53. The van der Waals surface area contributed by atoms with E-state index in [2.05, 4.69) is 29.4 Å². The Bertz CT molecular complexity index is 369. The van der Waals surface area contributed by atoms with Crippen molar-refractivity contribution < 1.29 is 4.74 Å². The molecule has 4 heteroatoms. The molecule has 1 aliphatic heterocycles. The fraction of sp³-hybridized carbons (Fsp3) is 0.571. The summed E-state index contributed by atoms with van der Waals surface area (Å²) in [6.45, 7) is 3.69. The maximum absolute atomic E-state index is 5.89. The largest absolute Gasteiger partial charge is 0.379 e. The molecule has 0 bridgehead atoms. The molecule has 0 aromatic heterocycles.